The number of rotatable bonds is 5. The number of hydrogen-bond donors (Lipinski definition) is 1. The molecule has 0 unspecified atom stereocenters. The minimum absolute atomic E-state index is 0.587. The van der Waals surface area contributed by atoms with Gasteiger partial charge in [-0.3, -0.25) is 0 Å². The molecule has 4 nitrogen and oxygen atoms in total. The van der Waals surface area contributed by atoms with E-state index in [1.807, 2.05) is 25.2 Å². The molecule has 0 saturated heterocycles. The van der Waals surface area contributed by atoms with Crippen LogP contribution in [0.5, 0.6) is 10.9 Å². The zero-order valence-electron chi connectivity index (χ0n) is 9.93. The second-order valence-corrected chi connectivity index (χ2v) is 4.62. The Hall–Kier alpha value is -1.46. The summed E-state index contributed by atoms with van der Waals surface area (Å²) in [6.07, 6.45) is 0.998. The first kappa shape index (κ1) is 12.0. The fraction of sp³-hybridized carbons (Fsp3) is 0.333. The van der Waals surface area contributed by atoms with Gasteiger partial charge in [0.15, 0.2) is 0 Å². The van der Waals surface area contributed by atoms with E-state index >= 15 is 0 Å². The van der Waals surface area contributed by atoms with Crippen LogP contribution in [0.2, 0.25) is 0 Å². The largest absolute Gasteiger partial charge is 0.430 e. The van der Waals surface area contributed by atoms with Gasteiger partial charge in [0.25, 0.3) is 5.19 Å². The van der Waals surface area contributed by atoms with Crippen molar-refractivity contribution in [2.75, 3.05) is 7.05 Å². The topological polar surface area (TPSA) is 47.0 Å². The van der Waals surface area contributed by atoms with E-state index in [0.29, 0.717) is 5.19 Å². The molecule has 1 heterocycles. The molecule has 17 heavy (non-hydrogen) atoms. The van der Waals surface area contributed by atoms with Gasteiger partial charge in [0.2, 0.25) is 0 Å². The summed E-state index contributed by atoms with van der Waals surface area (Å²) in [5, 5.41) is 12.6. The molecule has 0 aliphatic carbocycles. The Kier molecular flexibility index (Phi) is 4.06. The van der Waals surface area contributed by atoms with Crippen molar-refractivity contribution in [3.05, 3.63) is 34.8 Å². The van der Waals surface area contributed by atoms with E-state index in [-0.39, 0.29) is 0 Å². The zero-order chi connectivity index (χ0) is 12.1. The summed E-state index contributed by atoms with van der Waals surface area (Å²) in [7, 11) is 1.88. The van der Waals surface area contributed by atoms with E-state index in [1.165, 1.54) is 16.9 Å². The number of nitrogens with zero attached hydrogens (tertiary/aromatic N) is 2. The molecule has 0 radical (unpaired) electrons. The maximum absolute atomic E-state index is 5.66. The molecular formula is C12H15N3OS. The first-order chi connectivity index (χ1) is 8.31. The summed E-state index contributed by atoms with van der Waals surface area (Å²) >= 11 is 1.46. The molecule has 0 bridgehead atoms. The Morgan fingerprint density at radius 2 is 2.24 bits per heavy atom. The smallest absolute Gasteiger partial charge is 0.299 e. The third kappa shape index (κ3) is 3.25. The van der Waals surface area contributed by atoms with Crippen LogP contribution in [0.1, 0.15) is 17.5 Å². The predicted molar refractivity (Wildman–Crippen MR) is 68.6 cm³/mol. The zero-order valence-corrected chi connectivity index (χ0v) is 10.8. The van der Waals surface area contributed by atoms with Gasteiger partial charge in [0.05, 0.1) is 0 Å². The van der Waals surface area contributed by atoms with Crippen molar-refractivity contribution in [1.82, 2.24) is 15.5 Å². The molecule has 2 rings (SSSR count). The number of aryl methyl sites for hydroxylation is 1. The van der Waals surface area contributed by atoms with Crippen LogP contribution in [0.25, 0.3) is 0 Å². The SMILES string of the molecule is CCc1cccc(Oc2nnc(CNC)s2)c1. The van der Waals surface area contributed by atoms with Gasteiger partial charge in [-0.15, -0.1) is 5.10 Å². The Morgan fingerprint density at radius 1 is 1.35 bits per heavy atom. The Labute approximate surface area is 105 Å². The van der Waals surface area contributed by atoms with Gasteiger partial charge in [-0.25, -0.2) is 0 Å². The standard InChI is InChI=1S/C12H15N3OS/c1-3-9-5-4-6-10(7-9)16-12-15-14-11(17-12)8-13-2/h4-7,13H,3,8H2,1-2H3. The molecule has 90 valence electrons. The van der Waals surface area contributed by atoms with Crippen molar-refractivity contribution >= 4 is 11.3 Å². The fourth-order valence-corrected chi connectivity index (χ4v) is 2.15. The summed E-state index contributed by atoms with van der Waals surface area (Å²) in [6.45, 7) is 2.84. The van der Waals surface area contributed by atoms with E-state index in [2.05, 4.69) is 28.5 Å². The maximum Gasteiger partial charge on any atom is 0.299 e. The van der Waals surface area contributed by atoms with Gasteiger partial charge >= 0.3 is 0 Å². The lowest BCUT2D eigenvalue weighted by atomic mass is 10.2. The lowest BCUT2D eigenvalue weighted by Crippen LogP contribution is -2.04. The Balaban J connectivity index is 2.08. The van der Waals surface area contributed by atoms with Crippen molar-refractivity contribution < 1.29 is 4.74 Å². The second-order valence-electron chi connectivity index (χ2n) is 3.60. The number of nitrogens with one attached hydrogen (secondary N) is 1. The van der Waals surface area contributed by atoms with Gasteiger partial charge in [0.1, 0.15) is 10.8 Å². The molecule has 0 aliphatic rings. The van der Waals surface area contributed by atoms with Crippen molar-refractivity contribution in [3.8, 4) is 10.9 Å². The predicted octanol–water partition coefficient (Wildman–Crippen LogP) is 2.61. The van der Waals surface area contributed by atoms with Crippen LogP contribution >= 0.6 is 11.3 Å². The van der Waals surface area contributed by atoms with E-state index < -0.39 is 0 Å². The molecule has 1 N–H and O–H groups in total. The first-order valence-electron chi connectivity index (χ1n) is 5.55. The Bertz CT molecular complexity index is 484. The highest BCUT2D eigenvalue weighted by molar-refractivity contribution is 7.13. The number of hydrogen-bond acceptors (Lipinski definition) is 5. The molecule has 0 aliphatic heterocycles. The second kappa shape index (κ2) is 5.75. The summed E-state index contributed by atoms with van der Waals surface area (Å²) in [5.74, 6) is 0.816. The first-order valence-corrected chi connectivity index (χ1v) is 6.37. The highest BCUT2D eigenvalue weighted by atomic mass is 32.1. The lowest BCUT2D eigenvalue weighted by molar-refractivity contribution is 0.472. The van der Waals surface area contributed by atoms with Crippen molar-refractivity contribution in [1.29, 1.82) is 0 Å². The van der Waals surface area contributed by atoms with Crippen molar-refractivity contribution in [3.63, 3.8) is 0 Å². The molecule has 2 aromatic rings. The van der Waals surface area contributed by atoms with Gasteiger partial charge in [-0.2, -0.15) is 0 Å². The quantitative estimate of drug-likeness (QED) is 0.885. The van der Waals surface area contributed by atoms with Crippen LogP contribution in [-0.4, -0.2) is 17.2 Å². The highest BCUT2D eigenvalue weighted by Gasteiger charge is 2.05. The molecular weight excluding hydrogens is 234 g/mol. The van der Waals surface area contributed by atoms with Crippen LogP contribution in [0, 0.1) is 0 Å². The number of benzene rings is 1. The van der Waals surface area contributed by atoms with Gasteiger partial charge in [-0.05, 0) is 31.2 Å². The van der Waals surface area contributed by atoms with Gasteiger partial charge in [0, 0.05) is 6.54 Å². The lowest BCUT2D eigenvalue weighted by Gasteiger charge is -2.02. The van der Waals surface area contributed by atoms with E-state index in [1.54, 1.807) is 0 Å². The monoisotopic (exact) mass is 249 g/mol. The molecule has 5 heteroatoms. The van der Waals surface area contributed by atoms with E-state index in [0.717, 1.165) is 23.7 Å². The minimum atomic E-state index is 0.587. The average molecular weight is 249 g/mol. The van der Waals surface area contributed by atoms with Crippen LogP contribution in [0.15, 0.2) is 24.3 Å². The molecule has 1 aromatic carbocycles. The van der Waals surface area contributed by atoms with Crippen molar-refractivity contribution in [2.24, 2.45) is 0 Å². The van der Waals surface area contributed by atoms with Crippen molar-refractivity contribution in [2.45, 2.75) is 19.9 Å². The van der Waals surface area contributed by atoms with Crippen LogP contribution in [-0.2, 0) is 13.0 Å². The molecule has 0 spiro atoms. The van der Waals surface area contributed by atoms with Crippen LogP contribution in [0.3, 0.4) is 0 Å². The summed E-state index contributed by atoms with van der Waals surface area (Å²) < 4.78 is 5.66. The third-order valence-electron chi connectivity index (χ3n) is 2.29. The number of aromatic nitrogens is 2. The molecule has 0 amide bonds. The molecule has 1 aromatic heterocycles. The summed E-state index contributed by atoms with van der Waals surface area (Å²) in [4.78, 5) is 0. The summed E-state index contributed by atoms with van der Waals surface area (Å²) in [5.41, 5.74) is 1.25. The fourth-order valence-electron chi connectivity index (χ4n) is 1.43. The van der Waals surface area contributed by atoms with E-state index in [9.17, 15) is 0 Å². The number of ether oxygens (including phenoxy) is 1. The normalized spacial score (nSPS) is 10.5. The van der Waals surface area contributed by atoms with Crippen LogP contribution < -0.4 is 10.1 Å². The molecule has 0 atom stereocenters. The molecule has 0 fully saturated rings. The minimum Gasteiger partial charge on any atom is -0.430 e. The highest BCUT2D eigenvalue weighted by Crippen LogP contribution is 2.25. The molecule has 0 saturated carbocycles. The van der Waals surface area contributed by atoms with Gasteiger partial charge in [-0.1, -0.05) is 35.5 Å². The third-order valence-corrected chi connectivity index (χ3v) is 3.09. The van der Waals surface area contributed by atoms with Crippen LogP contribution in [0.4, 0.5) is 0 Å². The van der Waals surface area contributed by atoms with Gasteiger partial charge < -0.3 is 10.1 Å². The summed E-state index contributed by atoms with van der Waals surface area (Å²) in [6, 6.07) is 8.03. The Morgan fingerprint density at radius 3 is 3.00 bits per heavy atom. The maximum atomic E-state index is 5.66. The van der Waals surface area contributed by atoms with E-state index in [4.69, 9.17) is 4.74 Å². The average Bonchev–Trinajstić information content (AvgIpc) is 2.77.